The lowest BCUT2D eigenvalue weighted by atomic mass is 9.98. The Morgan fingerprint density at radius 2 is 1.66 bits per heavy atom. The molecule has 180 valence electrons. The van der Waals surface area contributed by atoms with Crippen molar-refractivity contribution >= 4 is 29.8 Å². The van der Waals surface area contributed by atoms with Crippen LogP contribution in [0.3, 0.4) is 0 Å². The third kappa shape index (κ3) is 4.95. The van der Waals surface area contributed by atoms with Crippen LogP contribution in [0.4, 0.5) is 10.6 Å². The second-order valence-electron chi connectivity index (χ2n) is 7.56. The Kier molecular flexibility index (Phi) is 6.71. The molecule has 2 aromatic carbocycles. The number of nitrogens with zero attached hydrogens (tertiary/aromatic N) is 2. The SMILES string of the molecule is COC(=O)C[C@@H](NC(=O)c1nonc1NC(=O)OCC1c2ccccc2-c2ccccc21)C(=O)O. The summed E-state index contributed by atoms with van der Waals surface area (Å²) in [5.74, 6) is -3.89. The maximum Gasteiger partial charge on any atom is 0.412 e. The van der Waals surface area contributed by atoms with Crippen LogP contribution in [0.25, 0.3) is 11.1 Å². The first kappa shape index (κ1) is 23.4. The number of carbonyl (C=O) groups is 4. The van der Waals surface area contributed by atoms with Crippen LogP contribution in [-0.2, 0) is 19.1 Å². The highest BCUT2D eigenvalue weighted by Gasteiger charge is 2.30. The molecule has 2 amide bonds. The van der Waals surface area contributed by atoms with Gasteiger partial charge in [-0.05, 0) is 32.6 Å². The number of carbonyl (C=O) groups excluding carboxylic acids is 3. The second kappa shape index (κ2) is 10.0. The van der Waals surface area contributed by atoms with E-state index in [9.17, 15) is 24.3 Å². The van der Waals surface area contributed by atoms with Crippen molar-refractivity contribution < 1.29 is 38.4 Å². The van der Waals surface area contributed by atoms with Crippen LogP contribution in [0.5, 0.6) is 0 Å². The van der Waals surface area contributed by atoms with Gasteiger partial charge in [0, 0.05) is 5.92 Å². The summed E-state index contributed by atoms with van der Waals surface area (Å²) in [6.07, 6.45) is -1.53. The molecular weight excluding hydrogens is 460 g/mol. The maximum absolute atomic E-state index is 12.5. The molecular formula is C23H20N4O8. The van der Waals surface area contributed by atoms with E-state index in [1.165, 1.54) is 0 Å². The number of hydrogen-bond donors (Lipinski definition) is 3. The summed E-state index contributed by atoms with van der Waals surface area (Å²) in [5, 5.41) is 20.5. The highest BCUT2D eigenvalue weighted by atomic mass is 16.6. The molecule has 0 bridgehead atoms. The smallest absolute Gasteiger partial charge is 0.412 e. The predicted octanol–water partition coefficient (Wildman–Crippen LogP) is 2.18. The Labute approximate surface area is 198 Å². The van der Waals surface area contributed by atoms with E-state index in [1.807, 2.05) is 48.5 Å². The molecule has 4 rings (SSSR count). The van der Waals surface area contributed by atoms with Crippen LogP contribution in [0, 0.1) is 0 Å². The summed E-state index contributed by atoms with van der Waals surface area (Å²) in [5.41, 5.74) is 3.69. The normalized spacial score (nSPS) is 12.7. The van der Waals surface area contributed by atoms with Gasteiger partial charge in [0.05, 0.1) is 13.5 Å². The van der Waals surface area contributed by atoms with Crippen LogP contribution < -0.4 is 10.6 Å². The van der Waals surface area contributed by atoms with Gasteiger partial charge in [-0.3, -0.25) is 14.9 Å². The minimum absolute atomic E-state index is 0.0207. The number of esters is 1. The van der Waals surface area contributed by atoms with E-state index in [2.05, 4.69) is 30.3 Å². The lowest BCUT2D eigenvalue weighted by Gasteiger charge is -2.14. The molecule has 0 unspecified atom stereocenters. The zero-order valence-electron chi connectivity index (χ0n) is 18.4. The topological polar surface area (TPSA) is 170 Å². The molecule has 0 fully saturated rings. The quantitative estimate of drug-likeness (QED) is 0.406. The molecule has 35 heavy (non-hydrogen) atoms. The van der Waals surface area contributed by atoms with E-state index in [4.69, 9.17) is 4.74 Å². The molecule has 0 saturated heterocycles. The first-order valence-electron chi connectivity index (χ1n) is 10.4. The second-order valence-corrected chi connectivity index (χ2v) is 7.56. The van der Waals surface area contributed by atoms with Crippen molar-refractivity contribution in [3.05, 3.63) is 65.4 Å². The van der Waals surface area contributed by atoms with Crippen LogP contribution in [0.15, 0.2) is 53.2 Å². The zero-order chi connectivity index (χ0) is 24.9. The van der Waals surface area contributed by atoms with Gasteiger partial charge < -0.3 is 19.9 Å². The summed E-state index contributed by atoms with van der Waals surface area (Å²) in [7, 11) is 1.08. The average molecular weight is 480 g/mol. The molecule has 1 aliphatic rings. The number of aromatic nitrogens is 2. The van der Waals surface area contributed by atoms with Gasteiger partial charge in [-0.25, -0.2) is 14.2 Å². The number of nitrogens with one attached hydrogen (secondary N) is 2. The van der Waals surface area contributed by atoms with Crippen LogP contribution >= 0.6 is 0 Å². The van der Waals surface area contributed by atoms with Crippen molar-refractivity contribution in [1.82, 2.24) is 15.6 Å². The van der Waals surface area contributed by atoms with Crippen molar-refractivity contribution in [3.63, 3.8) is 0 Å². The van der Waals surface area contributed by atoms with Gasteiger partial charge in [-0.1, -0.05) is 48.5 Å². The van der Waals surface area contributed by atoms with Crippen molar-refractivity contribution in [2.75, 3.05) is 19.0 Å². The number of ether oxygens (including phenoxy) is 2. The van der Waals surface area contributed by atoms with Crippen LogP contribution in [0.2, 0.25) is 0 Å². The van der Waals surface area contributed by atoms with E-state index < -0.39 is 42.1 Å². The minimum Gasteiger partial charge on any atom is -0.480 e. The molecule has 12 nitrogen and oxygen atoms in total. The first-order valence-corrected chi connectivity index (χ1v) is 10.4. The third-order valence-electron chi connectivity index (χ3n) is 5.47. The summed E-state index contributed by atoms with van der Waals surface area (Å²) in [6.45, 7) is 0.0207. The van der Waals surface area contributed by atoms with Gasteiger partial charge in [-0.15, -0.1) is 0 Å². The lowest BCUT2D eigenvalue weighted by molar-refractivity contribution is -0.147. The Bertz CT molecular complexity index is 1240. The number of fused-ring (bicyclic) bond motifs is 3. The number of hydrogen-bond acceptors (Lipinski definition) is 9. The van der Waals surface area contributed by atoms with E-state index >= 15 is 0 Å². The van der Waals surface area contributed by atoms with E-state index in [1.54, 1.807) is 0 Å². The molecule has 0 aliphatic heterocycles. The van der Waals surface area contributed by atoms with Crippen molar-refractivity contribution in [2.24, 2.45) is 0 Å². The van der Waals surface area contributed by atoms with Gasteiger partial charge in [0.15, 0.2) is 0 Å². The molecule has 3 aromatic rings. The number of carboxylic acid groups (broad SMARTS) is 1. The zero-order valence-corrected chi connectivity index (χ0v) is 18.4. The molecule has 12 heteroatoms. The van der Waals surface area contributed by atoms with Crippen molar-refractivity contribution in [3.8, 4) is 11.1 Å². The highest BCUT2D eigenvalue weighted by molar-refractivity contribution is 6.01. The van der Waals surface area contributed by atoms with Gasteiger partial charge in [0.1, 0.15) is 12.6 Å². The summed E-state index contributed by atoms with van der Waals surface area (Å²) in [4.78, 5) is 47.6. The highest BCUT2D eigenvalue weighted by Crippen LogP contribution is 2.44. The van der Waals surface area contributed by atoms with Crippen molar-refractivity contribution in [1.29, 1.82) is 0 Å². The van der Waals surface area contributed by atoms with Gasteiger partial charge in [0.25, 0.3) is 5.91 Å². The minimum atomic E-state index is -1.59. The average Bonchev–Trinajstić information content (AvgIpc) is 3.44. The molecule has 0 saturated carbocycles. The standard InChI is InChI=1S/C23H20N4O8/c1-33-18(28)10-17(22(30)31)24-21(29)19-20(27-35-26-19)25-23(32)34-11-16-14-8-4-2-6-12(14)13-7-3-5-9-15(13)16/h2-9,16-17H,10-11H2,1H3,(H,24,29)(H,30,31)(H,25,27,32)/t17-/m1/s1. The molecule has 1 aliphatic carbocycles. The van der Waals surface area contributed by atoms with Gasteiger partial charge >= 0.3 is 18.0 Å². The van der Waals surface area contributed by atoms with E-state index in [0.29, 0.717) is 0 Å². The molecule has 1 heterocycles. The Hall–Kier alpha value is -4.74. The summed E-state index contributed by atoms with van der Waals surface area (Å²) >= 11 is 0. The molecule has 3 N–H and O–H groups in total. The summed E-state index contributed by atoms with van der Waals surface area (Å²) < 4.78 is 14.3. The fourth-order valence-electron chi connectivity index (χ4n) is 3.83. The van der Waals surface area contributed by atoms with E-state index in [0.717, 1.165) is 29.4 Å². The Morgan fingerprint density at radius 3 is 2.26 bits per heavy atom. The lowest BCUT2D eigenvalue weighted by Crippen LogP contribution is -2.42. The van der Waals surface area contributed by atoms with Gasteiger partial charge in [0.2, 0.25) is 11.5 Å². The number of benzene rings is 2. The third-order valence-corrected chi connectivity index (χ3v) is 5.47. The molecule has 0 radical (unpaired) electrons. The predicted molar refractivity (Wildman–Crippen MR) is 119 cm³/mol. The fourth-order valence-corrected chi connectivity index (χ4v) is 3.83. The number of anilines is 1. The first-order chi connectivity index (χ1) is 16.9. The largest absolute Gasteiger partial charge is 0.480 e. The molecule has 1 atom stereocenters. The number of methoxy groups -OCH3 is 1. The molecule has 1 aromatic heterocycles. The fraction of sp³-hybridized carbons (Fsp3) is 0.217. The number of carboxylic acids is 1. The number of amides is 2. The van der Waals surface area contributed by atoms with Crippen LogP contribution in [0.1, 0.15) is 34.0 Å². The maximum atomic E-state index is 12.5. The Morgan fingerprint density at radius 1 is 1.03 bits per heavy atom. The Balaban J connectivity index is 1.41. The molecule has 0 spiro atoms. The van der Waals surface area contributed by atoms with Crippen molar-refractivity contribution in [2.45, 2.75) is 18.4 Å². The number of rotatable bonds is 8. The van der Waals surface area contributed by atoms with Crippen LogP contribution in [-0.4, -0.2) is 59.1 Å². The number of aliphatic carboxylic acids is 1. The van der Waals surface area contributed by atoms with Gasteiger partial charge in [-0.2, -0.15) is 0 Å². The van der Waals surface area contributed by atoms with E-state index in [-0.39, 0.29) is 18.3 Å². The summed E-state index contributed by atoms with van der Waals surface area (Å²) in [6, 6.07) is 14.1. The monoisotopic (exact) mass is 480 g/mol.